The molecule has 20 heavy (non-hydrogen) atoms. The molecule has 0 spiro atoms. The molecule has 0 aliphatic rings. The number of aryl methyl sites for hydroxylation is 1. The van der Waals surface area contributed by atoms with Crippen molar-refractivity contribution in [1.82, 2.24) is 16.0 Å². The minimum atomic E-state index is -0.549. The molecule has 0 bridgehead atoms. The van der Waals surface area contributed by atoms with Crippen LogP contribution in [-0.2, 0) is 11.2 Å². The number of likely N-dealkylation sites (N-methyl/N-ethyl adjacent to an activating group) is 1. The molecule has 0 aliphatic carbocycles. The van der Waals surface area contributed by atoms with E-state index in [0.29, 0.717) is 6.54 Å². The van der Waals surface area contributed by atoms with Crippen molar-refractivity contribution in [2.24, 2.45) is 0 Å². The molecule has 2 atom stereocenters. The van der Waals surface area contributed by atoms with Gasteiger partial charge in [0.05, 0.1) is 6.26 Å². The Morgan fingerprint density at radius 2 is 2.05 bits per heavy atom. The van der Waals surface area contributed by atoms with Gasteiger partial charge in [0.25, 0.3) is 0 Å². The van der Waals surface area contributed by atoms with Gasteiger partial charge in [0.1, 0.15) is 11.8 Å². The second-order valence-electron chi connectivity index (χ2n) is 4.75. The van der Waals surface area contributed by atoms with E-state index in [1.54, 1.807) is 13.2 Å². The molecule has 1 aromatic rings. The lowest BCUT2D eigenvalue weighted by Crippen LogP contribution is -2.50. The van der Waals surface area contributed by atoms with Crippen LogP contribution in [0.4, 0.5) is 4.79 Å². The standard InChI is InChI=1S/C14H23N3O3/c1-4-15-13(18)11(3)17-14(19)16-10(2)7-8-12-6-5-9-20-12/h5-6,9-11H,4,7-8H2,1-3H3,(H,15,18)(H2,16,17,19). The van der Waals surface area contributed by atoms with Crippen molar-refractivity contribution in [3.63, 3.8) is 0 Å². The summed E-state index contributed by atoms with van der Waals surface area (Å²) in [4.78, 5) is 23.2. The average molecular weight is 281 g/mol. The fourth-order valence-corrected chi connectivity index (χ4v) is 1.74. The Labute approximate surface area is 119 Å². The van der Waals surface area contributed by atoms with E-state index in [2.05, 4.69) is 16.0 Å². The van der Waals surface area contributed by atoms with Crippen molar-refractivity contribution in [1.29, 1.82) is 0 Å². The molecular formula is C14H23N3O3. The number of carbonyl (C=O) groups is 2. The molecule has 3 amide bonds. The van der Waals surface area contributed by atoms with Crippen LogP contribution in [0.1, 0.15) is 33.0 Å². The largest absolute Gasteiger partial charge is 0.469 e. The van der Waals surface area contributed by atoms with Gasteiger partial charge in [0.2, 0.25) is 5.91 Å². The van der Waals surface area contributed by atoms with Crippen LogP contribution in [0.3, 0.4) is 0 Å². The minimum Gasteiger partial charge on any atom is -0.469 e. The van der Waals surface area contributed by atoms with Gasteiger partial charge >= 0.3 is 6.03 Å². The first-order chi connectivity index (χ1) is 9.52. The third kappa shape index (κ3) is 5.77. The minimum absolute atomic E-state index is 0.00142. The highest BCUT2D eigenvalue weighted by Crippen LogP contribution is 2.05. The first kappa shape index (κ1) is 16.1. The van der Waals surface area contributed by atoms with Crippen molar-refractivity contribution >= 4 is 11.9 Å². The molecule has 1 heterocycles. The van der Waals surface area contributed by atoms with Crippen molar-refractivity contribution < 1.29 is 14.0 Å². The van der Waals surface area contributed by atoms with Gasteiger partial charge in [0.15, 0.2) is 0 Å². The van der Waals surface area contributed by atoms with Crippen LogP contribution in [-0.4, -0.2) is 30.6 Å². The molecule has 0 saturated carbocycles. The molecule has 0 aliphatic heterocycles. The second-order valence-corrected chi connectivity index (χ2v) is 4.75. The number of hydrogen-bond donors (Lipinski definition) is 3. The van der Waals surface area contributed by atoms with Crippen molar-refractivity contribution in [3.05, 3.63) is 24.2 Å². The van der Waals surface area contributed by atoms with Crippen molar-refractivity contribution in [2.45, 2.75) is 45.7 Å². The predicted octanol–water partition coefficient (Wildman–Crippen LogP) is 1.42. The van der Waals surface area contributed by atoms with Gasteiger partial charge in [-0.15, -0.1) is 0 Å². The van der Waals surface area contributed by atoms with Crippen LogP contribution in [0.5, 0.6) is 0 Å². The van der Waals surface area contributed by atoms with Crippen LogP contribution in [0, 0.1) is 0 Å². The van der Waals surface area contributed by atoms with E-state index < -0.39 is 6.04 Å². The van der Waals surface area contributed by atoms with E-state index in [1.807, 2.05) is 26.0 Å². The highest BCUT2D eigenvalue weighted by atomic mass is 16.3. The number of carbonyl (C=O) groups excluding carboxylic acids is 2. The number of urea groups is 1. The summed E-state index contributed by atoms with van der Waals surface area (Å²) < 4.78 is 5.23. The van der Waals surface area contributed by atoms with Crippen molar-refractivity contribution in [3.8, 4) is 0 Å². The van der Waals surface area contributed by atoms with E-state index in [-0.39, 0.29) is 18.0 Å². The molecule has 0 saturated heterocycles. The van der Waals surface area contributed by atoms with E-state index in [9.17, 15) is 9.59 Å². The zero-order valence-electron chi connectivity index (χ0n) is 12.2. The van der Waals surface area contributed by atoms with Gasteiger partial charge in [0, 0.05) is 19.0 Å². The summed E-state index contributed by atoms with van der Waals surface area (Å²) in [6, 6.07) is 2.86. The lowest BCUT2D eigenvalue weighted by Gasteiger charge is -2.17. The lowest BCUT2D eigenvalue weighted by molar-refractivity contribution is -0.122. The normalized spacial score (nSPS) is 13.3. The third-order valence-corrected chi connectivity index (χ3v) is 2.87. The van der Waals surface area contributed by atoms with Crippen molar-refractivity contribution in [2.75, 3.05) is 6.54 Å². The third-order valence-electron chi connectivity index (χ3n) is 2.87. The van der Waals surface area contributed by atoms with Crippen LogP contribution in [0.25, 0.3) is 0 Å². The number of hydrogen-bond acceptors (Lipinski definition) is 3. The topological polar surface area (TPSA) is 83.4 Å². The Balaban J connectivity index is 2.25. The SMILES string of the molecule is CCNC(=O)C(C)NC(=O)NC(C)CCc1ccco1. The van der Waals surface area contributed by atoms with Crippen LogP contribution >= 0.6 is 0 Å². The summed E-state index contributed by atoms with van der Waals surface area (Å²) in [6.45, 7) is 5.95. The molecule has 0 fully saturated rings. The second kappa shape index (κ2) is 8.24. The fraction of sp³-hybridized carbons (Fsp3) is 0.571. The van der Waals surface area contributed by atoms with Gasteiger partial charge in [-0.3, -0.25) is 4.79 Å². The molecule has 6 heteroatoms. The summed E-state index contributed by atoms with van der Waals surface area (Å²) >= 11 is 0. The van der Waals surface area contributed by atoms with Crippen LogP contribution in [0.2, 0.25) is 0 Å². The zero-order valence-corrected chi connectivity index (χ0v) is 12.2. The molecule has 1 aromatic heterocycles. The number of rotatable bonds is 7. The summed E-state index contributed by atoms with van der Waals surface area (Å²) in [5.74, 6) is 0.709. The maximum atomic E-state index is 11.7. The summed E-state index contributed by atoms with van der Waals surface area (Å²) in [5, 5.41) is 8.06. The fourth-order valence-electron chi connectivity index (χ4n) is 1.74. The Morgan fingerprint density at radius 3 is 2.65 bits per heavy atom. The van der Waals surface area contributed by atoms with Gasteiger partial charge in [-0.2, -0.15) is 0 Å². The number of furan rings is 1. The summed E-state index contributed by atoms with van der Waals surface area (Å²) in [7, 11) is 0. The Hall–Kier alpha value is -1.98. The van der Waals surface area contributed by atoms with E-state index in [4.69, 9.17) is 4.42 Å². The number of nitrogens with one attached hydrogen (secondary N) is 3. The number of amides is 3. The summed E-state index contributed by atoms with van der Waals surface area (Å²) in [5.41, 5.74) is 0. The molecule has 1 rings (SSSR count). The Kier molecular flexibility index (Phi) is 6.63. The highest BCUT2D eigenvalue weighted by Gasteiger charge is 2.15. The molecule has 3 N–H and O–H groups in total. The van der Waals surface area contributed by atoms with Crippen LogP contribution in [0.15, 0.2) is 22.8 Å². The Bertz CT molecular complexity index is 417. The Morgan fingerprint density at radius 1 is 1.30 bits per heavy atom. The zero-order chi connectivity index (χ0) is 15.0. The summed E-state index contributed by atoms with van der Waals surface area (Å²) in [6.07, 6.45) is 3.17. The maximum absolute atomic E-state index is 11.7. The molecule has 2 unspecified atom stereocenters. The van der Waals surface area contributed by atoms with E-state index >= 15 is 0 Å². The molecule has 6 nitrogen and oxygen atoms in total. The monoisotopic (exact) mass is 281 g/mol. The first-order valence-electron chi connectivity index (χ1n) is 6.90. The predicted molar refractivity (Wildman–Crippen MR) is 76.3 cm³/mol. The van der Waals surface area contributed by atoms with Gasteiger partial charge in [-0.05, 0) is 39.3 Å². The van der Waals surface area contributed by atoms with E-state index in [1.165, 1.54) is 0 Å². The molecule has 0 aromatic carbocycles. The highest BCUT2D eigenvalue weighted by molar-refractivity contribution is 5.86. The lowest BCUT2D eigenvalue weighted by atomic mass is 10.1. The molecule has 0 radical (unpaired) electrons. The quantitative estimate of drug-likeness (QED) is 0.707. The average Bonchev–Trinajstić information content (AvgIpc) is 2.89. The van der Waals surface area contributed by atoms with E-state index in [0.717, 1.165) is 18.6 Å². The smallest absolute Gasteiger partial charge is 0.315 e. The molecule has 112 valence electrons. The molecular weight excluding hydrogens is 258 g/mol. The van der Waals surface area contributed by atoms with Gasteiger partial charge in [-0.1, -0.05) is 0 Å². The maximum Gasteiger partial charge on any atom is 0.315 e. The first-order valence-corrected chi connectivity index (χ1v) is 6.90. The van der Waals surface area contributed by atoms with Crippen LogP contribution < -0.4 is 16.0 Å². The van der Waals surface area contributed by atoms with Gasteiger partial charge < -0.3 is 20.4 Å². The van der Waals surface area contributed by atoms with Gasteiger partial charge in [-0.25, -0.2) is 4.79 Å².